The number of aliphatic hydroxyl groups is 1. The molecule has 2 N–H and O–H groups in total. The van der Waals surface area contributed by atoms with Crippen LogP contribution in [0.5, 0.6) is 11.5 Å². The topological polar surface area (TPSA) is 49.7 Å². The van der Waals surface area contributed by atoms with Crippen molar-refractivity contribution in [3.8, 4) is 11.5 Å². The minimum Gasteiger partial charge on any atom is -0.504 e. The zero-order chi connectivity index (χ0) is 9.14. The van der Waals surface area contributed by atoms with Gasteiger partial charge in [0.15, 0.2) is 11.5 Å². The number of aromatic hydroxyl groups is 1. The highest BCUT2D eigenvalue weighted by Gasteiger charge is 2.05. The second-order valence-electron chi connectivity index (χ2n) is 2.45. The van der Waals surface area contributed by atoms with Crippen LogP contribution in [0.4, 0.5) is 0 Å². The number of hydrogen-bond donors (Lipinski definition) is 2. The van der Waals surface area contributed by atoms with Gasteiger partial charge in [-0.2, -0.15) is 0 Å². The summed E-state index contributed by atoms with van der Waals surface area (Å²) in [4.78, 5) is 0. The van der Waals surface area contributed by atoms with Gasteiger partial charge in [-0.3, -0.25) is 0 Å². The molecule has 1 aromatic rings. The quantitative estimate of drug-likeness (QED) is 0.697. The van der Waals surface area contributed by atoms with Crippen LogP contribution in [-0.2, 0) is 0 Å². The second-order valence-corrected chi connectivity index (χ2v) is 2.45. The number of aliphatic hydroxyl groups excluding tert-OH is 1. The van der Waals surface area contributed by atoms with Crippen LogP contribution < -0.4 is 4.74 Å². The standard InChI is InChI=1S/C9H11O3/c1-6(10)7-3-4-8(11)9(5-7)12-2/h3-6,10-11H,1H2,2H3. The molecule has 1 rings (SSSR count). The normalized spacial score (nSPS) is 12.6. The molecule has 0 spiro atoms. The average molecular weight is 167 g/mol. The molecule has 12 heavy (non-hydrogen) atoms. The molecule has 0 aromatic heterocycles. The second kappa shape index (κ2) is 3.45. The smallest absolute Gasteiger partial charge is 0.160 e. The van der Waals surface area contributed by atoms with Crippen LogP contribution in [-0.4, -0.2) is 17.3 Å². The molecular formula is C9H11O3. The van der Waals surface area contributed by atoms with Crippen molar-refractivity contribution in [1.29, 1.82) is 0 Å². The minimum atomic E-state index is -0.792. The molecule has 65 valence electrons. The first-order chi connectivity index (χ1) is 5.65. The van der Waals surface area contributed by atoms with Crippen molar-refractivity contribution in [2.24, 2.45) is 0 Å². The Hall–Kier alpha value is -1.22. The van der Waals surface area contributed by atoms with E-state index in [0.717, 1.165) is 0 Å². The molecule has 0 bridgehead atoms. The third kappa shape index (κ3) is 1.68. The van der Waals surface area contributed by atoms with Crippen LogP contribution in [0, 0.1) is 6.92 Å². The largest absolute Gasteiger partial charge is 0.504 e. The monoisotopic (exact) mass is 167 g/mol. The van der Waals surface area contributed by atoms with E-state index in [0.29, 0.717) is 11.3 Å². The van der Waals surface area contributed by atoms with E-state index in [1.54, 1.807) is 12.1 Å². The zero-order valence-corrected chi connectivity index (χ0v) is 6.82. The lowest BCUT2D eigenvalue weighted by molar-refractivity contribution is 0.225. The average Bonchev–Trinajstić information content (AvgIpc) is 2.05. The number of methoxy groups -OCH3 is 1. The summed E-state index contributed by atoms with van der Waals surface area (Å²) in [6, 6.07) is 4.60. The first-order valence-electron chi connectivity index (χ1n) is 3.53. The van der Waals surface area contributed by atoms with Crippen LogP contribution in [0.25, 0.3) is 0 Å². The zero-order valence-electron chi connectivity index (χ0n) is 6.82. The van der Waals surface area contributed by atoms with Gasteiger partial charge in [-0.1, -0.05) is 6.07 Å². The number of hydrogen-bond acceptors (Lipinski definition) is 3. The van der Waals surface area contributed by atoms with E-state index in [9.17, 15) is 5.11 Å². The molecular weight excluding hydrogens is 156 g/mol. The maximum Gasteiger partial charge on any atom is 0.160 e. The van der Waals surface area contributed by atoms with Crippen LogP contribution in [0.1, 0.15) is 11.7 Å². The molecule has 1 atom stereocenters. The van der Waals surface area contributed by atoms with Crippen molar-refractivity contribution < 1.29 is 14.9 Å². The first kappa shape index (κ1) is 8.87. The van der Waals surface area contributed by atoms with Crippen molar-refractivity contribution in [1.82, 2.24) is 0 Å². The highest BCUT2D eigenvalue weighted by Crippen LogP contribution is 2.28. The SMILES string of the molecule is [CH2]C(O)c1ccc(O)c(OC)c1. The highest BCUT2D eigenvalue weighted by molar-refractivity contribution is 5.42. The van der Waals surface area contributed by atoms with Gasteiger partial charge >= 0.3 is 0 Å². The summed E-state index contributed by atoms with van der Waals surface area (Å²) in [6.07, 6.45) is -0.792. The van der Waals surface area contributed by atoms with E-state index in [2.05, 4.69) is 6.92 Å². The van der Waals surface area contributed by atoms with Gasteiger partial charge in [-0.15, -0.1) is 0 Å². The van der Waals surface area contributed by atoms with Crippen LogP contribution >= 0.6 is 0 Å². The Bertz CT molecular complexity index is 268. The van der Waals surface area contributed by atoms with Crippen molar-refractivity contribution in [3.63, 3.8) is 0 Å². The highest BCUT2D eigenvalue weighted by atomic mass is 16.5. The molecule has 0 fully saturated rings. The fourth-order valence-electron chi connectivity index (χ4n) is 0.901. The van der Waals surface area contributed by atoms with Gasteiger partial charge in [0.25, 0.3) is 0 Å². The summed E-state index contributed by atoms with van der Waals surface area (Å²) in [7, 11) is 1.45. The fraction of sp³-hybridized carbons (Fsp3) is 0.222. The van der Waals surface area contributed by atoms with Gasteiger partial charge < -0.3 is 14.9 Å². The Kier molecular flexibility index (Phi) is 2.55. The molecule has 3 nitrogen and oxygen atoms in total. The van der Waals surface area contributed by atoms with E-state index < -0.39 is 6.10 Å². The first-order valence-corrected chi connectivity index (χ1v) is 3.53. The van der Waals surface area contributed by atoms with Crippen molar-refractivity contribution in [2.45, 2.75) is 6.10 Å². The maximum atomic E-state index is 9.19. The molecule has 1 aromatic carbocycles. The Morgan fingerprint density at radius 3 is 2.67 bits per heavy atom. The third-order valence-electron chi connectivity index (χ3n) is 1.59. The van der Waals surface area contributed by atoms with Crippen LogP contribution in [0.15, 0.2) is 18.2 Å². The van der Waals surface area contributed by atoms with Gasteiger partial charge in [-0.05, 0) is 24.6 Å². The lowest BCUT2D eigenvalue weighted by Gasteiger charge is -2.07. The molecule has 0 saturated carbocycles. The number of benzene rings is 1. The fourth-order valence-corrected chi connectivity index (χ4v) is 0.901. The molecule has 0 saturated heterocycles. The lowest BCUT2D eigenvalue weighted by atomic mass is 10.1. The van der Waals surface area contributed by atoms with Gasteiger partial charge in [-0.25, -0.2) is 0 Å². The Labute approximate surface area is 71.2 Å². The molecule has 1 radical (unpaired) electrons. The van der Waals surface area contributed by atoms with Crippen LogP contribution in [0.3, 0.4) is 0 Å². The maximum absolute atomic E-state index is 9.19. The molecule has 1 unspecified atom stereocenters. The predicted molar refractivity (Wildman–Crippen MR) is 45.0 cm³/mol. The molecule has 3 heteroatoms. The van der Waals surface area contributed by atoms with E-state index in [1.807, 2.05) is 0 Å². The molecule has 0 heterocycles. The van der Waals surface area contributed by atoms with Crippen molar-refractivity contribution in [2.75, 3.05) is 7.11 Å². The summed E-state index contributed by atoms with van der Waals surface area (Å²) in [5.74, 6) is 0.400. The Morgan fingerprint density at radius 1 is 1.50 bits per heavy atom. The molecule has 0 amide bonds. The lowest BCUT2D eigenvalue weighted by Crippen LogP contribution is -1.92. The van der Waals surface area contributed by atoms with Gasteiger partial charge in [0.1, 0.15) is 0 Å². The van der Waals surface area contributed by atoms with Crippen molar-refractivity contribution >= 4 is 0 Å². The molecule has 0 aliphatic heterocycles. The van der Waals surface area contributed by atoms with Gasteiger partial charge in [0, 0.05) is 0 Å². The van der Waals surface area contributed by atoms with E-state index in [4.69, 9.17) is 9.84 Å². The number of ether oxygens (including phenoxy) is 1. The number of phenols is 1. The summed E-state index contributed by atoms with van der Waals surface area (Å²) < 4.78 is 4.85. The van der Waals surface area contributed by atoms with E-state index >= 15 is 0 Å². The molecule has 0 aliphatic carbocycles. The van der Waals surface area contributed by atoms with Crippen molar-refractivity contribution in [3.05, 3.63) is 30.7 Å². The van der Waals surface area contributed by atoms with E-state index in [1.165, 1.54) is 13.2 Å². The molecule has 0 aliphatic rings. The van der Waals surface area contributed by atoms with Gasteiger partial charge in [0.05, 0.1) is 13.2 Å². The third-order valence-corrected chi connectivity index (χ3v) is 1.59. The van der Waals surface area contributed by atoms with E-state index in [-0.39, 0.29) is 5.75 Å². The Morgan fingerprint density at radius 2 is 2.17 bits per heavy atom. The Balaban J connectivity index is 3.05. The summed E-state index contributed by atoms with van der Waals surface area (Å²) in [6.45, 7) is 3.43. The number of phenolic OH excluding ortho intramolecular Hbond substituents is 1. The predicted octanol–water partition coefficient (Wildman–Crippen LogP) is 1.27. The summed E-state index contributed by atoms with van der Waals surface area (Å²) in [5, 5.41) is 18.3. The summed E-state index contributed by atoms with van der Waals surface area (Å²) >= 11 is 0. The summed E-state index contributed by atoms with van der Waals surface area (Å²) in [5.41, 5.74) is 0.615. The van der Waals surface area contributed by atoms with Crippen LogP contribution in [0.2, 0.25) is 0 Å². The number of rotatable bonds is 2. The van der Waals surface area contributed by atoms with Gasteiger partial charge in [0.2, 0.25) is 0 Å². The minimum absolute atomic E-state index is 0.0573.